The molecule has 6 nitrogen and oxygen atoms in total. The summed E-state index contributed by atoms with van der Waals surface area (Å²) in [7, 11) is -2.01. The van der Waals surface area contributed by atoms with Crippen LogP contribution in [0.2, 0.25) is 0 Å². The number of fused-ring (bicyclic) bond motifs is 1. The molecular weight excluding hydrogens is 540 g/mol. The van der Waals surface area contributed by atoms with E-state index in [1.54, 1.807) is 24.3 Å². The fraction of sp³-hybridized carbons (Fsp3) is 0.156. The molecule has 0 aliphatic carbocycles. The van der Waals surface area contributed by atoms with E-state index in [1.807, 2.05) is 30.5 Å². The van der Waals surface area contributed by atoms with Crippen LogP contribution in [0.3, 0.4) is 0 Å². The molecule has 8 heteroatoms. The highest BCUT2D eigenvalue weighted by Crippen LogP contribution is 2.34. The zero-order valence-corrected chi connectivity index (χ0v) is 24.2. The van der Waals surface area contributed by atoms with Gasteiger partial charge in [0.05, 0.1) is 23.7 Å². The third-order valence-electron chi connectivity index (χ3n) is 6.62. The first-order valence-electron chi connectivity index (χ1n) is 12.7. The van der Waals surface area contributed by atoms with E-state index in [1.165, 1.54) is 36.5 Å². The van der Waals surface area contributed by atoms with Gasteiger partial charge in [0.25, 0.3) is 0 Å². The van der Waals surface area contributed by atoms with Crippen LogP contribution in [0.5, 0.6) is 0 Å². The quantitative estimate of drug-likeness (QED) is 0.152. The van der Waals surface area contributed by atoms with Gasteiger partial charge in [-0.1, -0.05) is 50.2 Å². The summed E-state index contributed by atoms with van der Waals surface area (Å²) in [6.07, 6.45) is 6.49. The van der Waals surface area contributed by atoms with Crippen LogP contribution in [-0.4, -0.2) is 37.7 Å². The molecule has 3 aromatic carbocycles. The number of rotatable bonds is 7. The van der Waals surface area contributed by atoms with Crippen molar-refractivity contribution in [2.24, 2.45) is 0 Å². The lowest BCUT2D eigenvalue weighted by Crippen LogP contribution is -1.97. The van der Waals surface area contributed by atoms with Gasteiger partial charge in [0, 0.05) is 29.0 Å². The van der Waals surface area contributed by atoms with Crippen LogP contribution in [0.15, 0.2) is 90.1 Å². The lowest BCUT2D eigenvalue weighted by atomic mass is 9.93. The van der Waals surface area contributed by atoms with Crippen molar-refractivity contribution in [3.8, 4) is 11.1 Å². The maximum atomic E-state index is 12.1. The van der Waals surface area contributed by atoms with E-state index in [0.29, 0.717) is 15.8 Å². The summed E-state index contributed by atoms with van der Waals surface area (Å²) in [6.45, 7) is 4.36. The first kappa shape index (κ1) is 27.4. The Balaban J connectivity index is 1.66. The molecule has 2 aromatic heterocycles. The Kier molecular flexibility index (Phi) is 7.65. The second-order valence-electron chi connectivity index (χ2n) is 9.80. The maximum Gasteiger partial charge on any atom is 0.349 e. The van der Waals surface area contributed by atoms with Crippen LogP contribution >= 0.6 is 11.3 Å². The summed E-state index contributed by atoms with van der Waals surface area (Å²) >= 11 is 1.22. The number of carbonyl (C=O) groups is 1. The number of hydrogen-bond acceptors (Lipinski definition) is 7. The Morgan fingerprint density at radius 2 is 1.75 bits per heavy atom. The van der Waals surface area contributed by atoms with Crippen molar-refractivity contribution in [3.63, 3.8) is 0 Å². The lowest BCUT2D eigenvalue weighted by molar-refractivity contribution is 0.0606. The van der Waals surface area contributed by atoms with E-state index in [-0.39, 0.29) is 4.90 Å². The summed E-state index contributed by atoms with van der Waals surface area (Å²) in [5, 5.41) is 1.71. The molecule has 0 unspecified atom stereocenters. The number of aromatic nitrogens is 2. The minimum atomic E-state index is -3.34. The van der Waals surface area contributed by atoms with E-state index in [4.69, 9.17) is 4.74 Å². The molecule has 2 heterocycles. The predicted molar refractivity (Wildman–Crippen MR) is 161 cm³/mol. The van der Waals surface area contributed by atoms with Crippen LogP contribution in [0.25, 0.3) is 33.7 Å². The predicted octanol–water partition coefficient (Wildman–Crippen LogP) is 7.26. The summed E-state index contributed by atoms with van der Waals surface area (Å²) < 4.78 is 28.9. The molecular formula is C32H28N2O4S2. The minimum Gasteiger partial charge on any atom is -0.465 e. The first-order valence-corrected chi connectivity index (χ1v) is 15.4. The summed E-state index contributed by atoms with van der Waals surface area (Å²) in [6, 6.07) is 23.3. The van der Waals surface area contributed by atoms with Crippen molar-refractivity contribution in [1.82, 2.24) is 9.97 Å². The van der Waals surface area contributed by atoms with E-state index in [9.17, 15) is 13.2 Å². The number of nitrogens with zero attached hydrogens (tertiary/aromatic N) is 2. The number of esters is 1. The van der Waals surface area contributed by atoms with Gasteiger partial charge in [-0.2, -0.15) is 0 Å². The molecule has 0 saturated heterocycles. The number of sulfone groups is 1. The van der Waals surface area contributed by atoms with Crippen LogP contribution < -0.4 is 0 Å². The van der Waals surface area contributed by atoms with Gasteiger partial charge in [0.2, 0.25) is 0 Å². The smallest absolute Gasteiger partial charge is 0.349 e. The zero-order chi connectivity index (χ0) is 28.4. The largest absolute Gasteiger partial charge is 0.465 e. The number of hydrogen-bond donors (Lipinski definition) is 0. The van der Waals surface area contributed by atoms with Crippen LogP contribution in [-0.2, 0) is 14.6 Å². The van der Waals surface area contributed by atoms with Crippen LogP contribution in [0.4, 0.5) is 0 Å². The Bertz CT molecular complexity index is 1850. The molecule has 0 aliphatic heterocycles. The van der Waals surface area contributed by atoms with E-state index in [0.717, 1.165) is 38.7 Å². The summed E-state index contributed by atoms with van der Waals surface area (Å²) in [5.41, 5.74) is 6.72. The number of pyridine rings is 1. The summed E-state index contributed by atoms with van der Waals surface area (Å²) in [4.78, 5) is 21.9. The van der Waals surface area contributed by atoms with Crippen molar-refractivity contribution in [1.29, 1.82) is 0 Å². The van der Waals surface area contributed by atoms with E-state index >= 15 is 0 Å². The molecule has 0 spiro atoms. The van der Waals surface area contributed by atoms with Crippen molar-refractivity contribution >= 4 is 49.7 Å². The highest BCUT2D eigenvalue weighted by Gasteiger charge is 2.17. The van der Waals surface area contributed by atoms with Gasteiger partial charge in [0.1, 0.15) is 9.88 Å². The van der Waals surface area contributed by atoms with Crippen molar-refractivity contribution in [3.05, 3.63) is 112 Å². The molecule has 0 N–H and O–H groups in total. The van der Waals surface area contributed by atoms with Crippen molar-refractivity contribution < 1.29 is 17.9 Å². The minimum absolute atomic E-state index is 0.233. The van der Waals surface area contributed by atoms with Crippen molar-refractivity contribution in [2.45, 2.75) is 24.7 Å². The number of benzene rings is 3. The molecule has 0 saturated carbocycles. The normalized spacial score (nSPS) is 12.2. The zero-order valence-electron chi connectivity index (χ0n) is 22.6. The van der Waals surface area contributed by atoms with Gasteiger partial charge in [-0.25, -0.2) is 18.2 Å². The first-order chi connectivity index (χ1) is 19.1. The van der Waals surface area contributed by atoms with Gasteiger partial charge in [0.15, 0.2) is 9.84 Å². The molecule has 0 amide bonds. The average Bonchev–Trinajstić information content (AvgIpc) is 3.45. The molecule has 0 bridgehead atoms. The number of ether oxygens (including phenoxy) is 1. The number of methoxy groups -OCH3 is 1. The monoisotopic (exact) mass is 568 g/mol. The molecule has 0 atom stereocenters. The molecule has 0 radical (unpaired) electrons. The van der Waals surface area contributed by atoms with Crippen LogP contribution in [0, 0.1) is 0 Å². The second kappa shape index (κ2) is 11.2. The fourth-order valence-corrected chi connectivity index (χ4v) is 5.98. The van der Waals surface area contributed by atoms with Gasteiger partial charge < -0.3 is 4.74 Å². The SMILES string of the molecule is COC(=O)c1cnc(/C(=C/c2cccc(-c3cc(C(C)C)cc4cccnc34)c2)c2ccc(S(C)(=O)=O)cc2)s1. The maximum absolute atomic E-state index is 12.1. The van der Waals surface area contributed by atoms with Gasteiger partial charge in [-0.3, -0.25) is 4.98 Å². The molecule has 40 heavy (non-hydrogen) atoms. The number of carbonyl (C=O) groups excluding carboxylic acids is 1. The van der Waals surface area contributed by atoms with Gasteiger partial charge in [-0.15, -0.1) is 11.3 Å². The Morgan fingerprint density at radius 3 is 2.45 bits per heavy atom. The highest BCUT2D eigenvalue weighted by atomic mass is 32.2. The second-order valence-corrected chi connectivity index (χ2v) is 12.8. The molecule has 202 valence electrons. The molecule has 0 aliphatic rings. The van der Waals surface area contributed by atoms with Gasteiger partial charge in [-0.05, 0) is 70.6 Å². The topological polar surface area (TPSA) is 86.2 Å². The third-order valence-corrected chi connectivity index (χ3v) is 8.76. The Hall–Kier alpha value is -4.14. The Morgan fingerprint density at radius 1 is 0.975 bits per heavy atom. The summed E-state index contributed by atoms with van der Waals surface area (Å²) in [5.74, 6) is -0.0937. The van der Waals surface area contributed by atoms with E-state index in [2.05, 4.69) is 54.1 Å². The molecule has 0 fully saturated rings. The van der Waals surface area contributed by atoms with Gasteiger partial charge >= 0.3 is 5.97 Å². The van der Waals surface area contributed by atoms with Crippen LogP contribution in [0.1, 0.15) is 51.1 Å². The molecule has 5 rings (SSSR count). The van der Waals surface area contributed by atoms with E-state index < -0.39 is 15.8 Å². The standard InChI is InChI=1S/C32H28N2O4S2/c1-20(2)25-17-24-9-6-14-33-30(24)27(18-25)23-8-5-7-21(15-23)16-28(31-34-19-29(39-31)32(35)38-3)22-10-12-26(13-11-22)40(4,36)37/h5-20H,1-4H3/b28-16+. The third kappa shape index (κ3) is 5.73. The average molecular weight is 569 g/mol. The lowest BCUT2D eigenvalue weighted by Gasteiger charge is -2.13. The fourth-order valence-electron chi connectivity index (χ4n) is 4.48. The highest BCUT2D eigenvalue weighted by molar-refractivity contribution is 7.90. The molecule has 5 aromatic rings. The number of thiazole rings is 1. The van der Waals surface area contributed by atoms with Crippen molar-refractivity contribution in [2.75, 3.05) is 13.4 Å². The Labute approximate surface area is 237 Å².